The summed E-state index contributed by atoms with van der Waals surface area (Å²) in [6.45, 7) is 1.46. The second kappa shape index (κ2) is 14.1. The first-order chi connectivity index (χ1) is 25.8. The van der Waals surface area contributed by atoms with E-state index >= 15 is 9.59 Å². The van der Waals surface area contributed by atoms with Gasteiger partial charge in [0.25, 0.3) is 5.91 Å². The van der Waals surface area contributed by atoms with Crippen molar-refractivity contribution in [1.29, 1.82) is 0 Å². The summed E-state index contributed by atoms with van der Waals surface area (Å²) in [5, 5.41) is 15.9. The summed E-state index contributed by atoms with van der Waals surface area (Å²) in [7, 11) is 0. The second-order valence-electron chi connectivity index (χ2n) is 14.2. The number of cyclic esters (lactones) is 1. The molecule has 4 aromatic rings. The number of carbonyl (C=O) groups excluding carboxylic acids is 4. The minimum Gasteiger partial charge on any atom is -0.455 e. The molecule has 0 aliphatic carbocycles. The minimum absolute atomic E-state index is 0.137. The van der Waals surface area contributed by atoms with Crippen LogP contribution < -0.4 is 10.2 Å². The van der Waals surface area contributed by atoms with Gasteiger partial charge in [-0.05, 0) is 47.4 Å². The molecule has 8 atom stereocenters. The summed E-state index contributed by atoms with van der Waals surface area (Å²) < 4.78 is 12.9. The molecule has 4 aliphatic heterocycles. The zero-order valence-electron chi connectivity index (χ0n) is 29.3. The van der Waals surface area contributed by atoms with Crippen LogP contribution in [-0.4, -0.2) is 70.6 Å². The van der Waals surface area contributed by atoms with Crippen LogP contribution in [0.3, 0.4) is 0 Å². The van der Waals surface area contributed by atoms with E-state index in [0.717, 1.165) is 10.8 Å². The third kappa shape index (κ3) is 6.01. The van der Waals surface area contributed by atoms with Crippen molar-refractivity contribution in [2.24, 2.45) is 11.8 Å². The topological polar surface area (TPSA) is 125 Å². The van der Waals surface area contributed by atoms with E-state index < -0.39 is 72.2 Å². The molecule has 3 amide bonds. The zero-order valence-corrected chi connectivity index (χ0v) is 29.3. The minimum atomic E-state index is -1.51. The Balaban J connectivity index is 1.27. The van der Waals surface area contributed by atoms with Crippen LogP contribution in [0, 0.1) is 11.8 Å². The number of hydrogen-bond acceptors (Lipinski definition) is 7. The van der Waals surface area contributed by atoms with Crippen LogP contribution in [0.4, 0.5) is 5.69 Å². The molecule has 5 bridgehead atoms. The van der Waals surface area contributed by atoms with E-state index in [4.69, 9.17) is 9.47 Å². The van der Waals surface area contributed by atoms with Crippen LogP contribution in [0.25, 0.3) is 10.8 Å². The lowest BCUT2D eigenvalue weighted by molar-refractivity contribution is -0.161. The maximum atomic E-state index is 15.4. The first kappa shape index (κ1) is 34.5. The molecule has 4 heterocycles. The quantitative estimate of drug-likeness (QED) is 0.216. The molecule has 8 rings (SSSR count). The fourth-order valence-electron chi connectivity index (χ4n) is 8.56. The largest absolute Gasteiger partial charge is 0.455 e. The number of amides is 3. The number of nitrogens with zero attached hydrogens (tertiary/aromatic N) is 2. The Bertz CT molecular complexity index is 2100. The number of anilines is 1. The van der Waals surface area contributed by atoms with Gasteiger partial charge < -0.3 is 29.7 Å². The number of ether oxygens (including phenoxy) is 2. The van der Waals surface area contributed by atoms with Crippen molar-refractivity contribution < 1.29 is 33.8 Å². The molecular formula is C43H41N3O7. The van der Waals surface area contributed by atoms with E-state index in [1.165, 1.54) is 4.90 Å². The normalized spacial score (nSPS) is 29.9. The second-order valence-corrected chi connectivity index (χ2v) is 14.2. The van der Waals surface area contributed by atoms with Gasteiger partial charge >= 0.3 is 5.97 Å². The van der Waals surface area contributed by atoms with E-state index in [1.54, 1.807) is 24.0 Å². The molecule has 0 unspecified atom stereocenters. The van der Waals surface area contributed by atoms with E-state index in [9.17, 15) is 14.7 Å². The molecule has 10 nitrogen and oxygen atoms in total. The van der Waals surface area contributed by atoms with Crippen LogP contribution in [-0.2, 0) is 28.7 Å². The van der Waals surface area contributed by atoms with Crippen LogP contribution in [0.2, 0.25) is 0 Å². The molecule has 2 saturated heterocycles. The highest BCUT2D eigenvalue weighted by Gasteiger charge is 2.74. The average Bonchev–Trinajstić information content (AvgIpc) is 3.83. The molecular weight excluding hydrogens is 670 g/mol. The molecule has 10 heteroatoms. The maximum Gasteiger partial charge on any atom is 0.313 e. The van der Waals surface area contributed by atoms with Gasteiger partial charge in [-0.3, -0.25) is 19.2 Å². The van der Waals surface area contributed by atoms with Crippen molar-refractivity contribution in [2.45, 2.75) is 55.7 Å². The van der Waals surface area contributed by atoms with Crippen molar-refractivity contribution in [2.75, 3.05) is 18.1 Å². The van der Waals surface area contributed by atoms with Gasteiger partial charge in [-0.15, -0.1) is 0 Å². The number of likely N-dealkylation sites (tertiary alicyclic amines) is 1. The Morgan fingerprint density at radius 2 is 1.58 bits per heavy atom. The van der Waals surface area contributed by atoms with Crippen molar-refractivity contribution >= 4 is 40.2 Å². The summed E-state index contributed by atoms with van der Waals surface area (Å²) >= 11 is 0. The summed E-state index contributed by atoms with van der Waals surface area (Å²) in [4.78, 5) is 61.1. The predicted octanol–water partition coefficient (Wildman–Crippen LogP) is 5.20. The number of benzene rings is 4. The summed E-state index contributed by atoms with van der Waals surface area (Å²) in [5.41, 5.74) is 0.417. The van der Waals surface area contributed by atoms with Gasteiger partial charge in [0, 0.05) is 18.7 Å². The standard InChI is InChI=1S/C43H41N3O7/c1-27-38(30-16-7-3-8-17-30)52-42(51)36-34-22-23-43(53-34)37(36)40(49)46(33(26-47)29-14-5-2-6-15-29)39(43)41(50)45(24-12-4-9-19-35(48)44-27)32-21-20-28-13-10-11-18-31(28)25-32/h2-8,10-18,20-23,25,27,33-34,36-39,47H,9,19,24,26H2,1H3,(H,44,48)/b12-4-/t27-,33-,34+,36-,37-,38+,39+,43-/m1/s1. The fraction of sp³-hybridized carbons (Fsp3) is 0.302. The molecule has 0 saturated carbocycles. The number of esters is 1. The molecule has 0 radical (unpaired) electrons. The highest BCUT2D eigenvalue weighted by atomic mass is 16.6. The smallest absolute Gasteiger partial charge is 0.313 e. The molecule has 0 aromatic heterocycles. The van der Waals surface area contributed by atoms with Gasteiger partial charge in [0.2, 0.25) is 11.8 Å². The monoisotopic (exact) mass is 711 g/mol. The summed E-state index contributed by atoms with van der Waals surface area (Å²) in [5.74, 6) is -3.97. The summed E-state index contributed by atoms with van der Waals surface area (Å²) in [6, 6.07) is 29.1. The molecule has 1 spiro atoms. The number of rotatable bonds is 5. The van der Waals surface area contributed by atoms with Gasteiger partial charge in [0.1, 0.15) is 23.7 Å². The Morgan fingerprint density at radius 3 is 2.34 bits per heavy atom. The first-order valence-electron chi connectivity index (χ1n) is 18.2. The van der Waals surface area contributed by atoms with E-state index in [1.807, 2.05) is 115 Å². The third-order valence-electron chi connectivity index (χ3n) is 11.0. The predicted molar refractivity (Wildman–Crippen MR) is 198 cm³/mol. The lowest BCUT2D eigenvalue weighted by Gasteiger charge is -2.39. The van der Waals surface area contributed by atoms with Crippen LogP contribution in [0.5, 0.6) is 0 Å². The number of aliphatic hydroxyl groups excluding tert-OH is 1. The third-order valence-corrected chi connectivity index (χ3v) is 11.0. The number of nitrogens with one attached hydrogen (secondary N) is 1. The number of aliphatic hydroxyl groups is 1. The zero-order chi connectivity index (χ0) is 36.7. The molecule has 4 aliphatic rings. The van der Waals surface area contributed by atoms with E-state index in [-0.39, 0.29) is 18.9 Å². The van der Waals surface area contributed by atoms with Crippen molar-refractivity contribution in [3.63, 3.8) is 0 Å². The first-order valence-corrected chi connectivity index (χ1v) is 18.2. The molecule has 2 fully saturated rings. The number of carbonyl (C=O) groups is 4. The Hall–Kier alpha value is -5.58. The number of hydrogen-bond donors (Lipinski definition) is 2. The Kier molecular flexibility index (Phi) is 9.18. The molecule has 2 N–H and O–H groups in total. The van der Waals surface area contributed by atoms with Crippen molar-refractivity contribution in [1.82, 2.24) is 10.2 Å². The lowest BCUT2D eigenvalue weighted by Crippen LogP contribution is -2.57. The van der Waals surface area contributed by atoms with Gasteiger partial charge in [0.15, 0.2) is 0 Å². The lowest BCUT2D eigenvalue weighted by atomic mass is 9.74. The van der Waals surface area contributed by atoms with Crippen LogP contribution >= 0.6 is 0 Å². The van der Waals surface area contributed by atoms with Crippen LogP contribution in [0.15, 0.2) is 127 Å². The summed E-state index contributed by atoms with van der Waals surface area (Å²) in [6.07, 6.45) is 6.13. The maximum absolute atomic E-state index is 15.4. The van der Waals surface area contributed by atoms with Crippen molar-refractivity contribution in [3.8, 4) is 0 Å². The highest BCUT2D eigenvalue weighted by Crippen LogP contribution is 2.57. The van der Waals surface area contributed by atoms with Gasteiger partial charge in [0.05, 0.1) is 30.7 Å². The van der Waals surface area contributed by atoms with Gasteiger partial charge in [-0.1, -0.05) is 115 Å². The van der Waals surface area contributed by atoms with Gasteiger partial charge in [-0.25, -0.2) is 0 Å². The Labute approximate surface area is 307 Å². The van der Waals surface area contributed by atoms with E-state index in [2.05, 4.69) is 5.32 Å². The average molecular weight is 712 g/mol. The highest BCUT2D eigenvalue weighted by molar-refractivity contribution is 6.06. The molecule has 53 heavy (non-hydrogen) atoms. The fourth-order valence-corrected chi connectivity index (χ4v) is 8.56. The van der Waals surface area contributed by atoms with Crippen molar-refractivity contribution in [3.05, 3.63) is 139 Å². The van der Waals surface area contributed by atoms with Crippen LogP contribution in [0.1, 0.15) is 43.0 Å². The van der Waals surface area contributed by atoms with Gasteiger partial charge in [-0.2, -0.15) is 0 Å². The number of allylic oxidation sites excluding steroid dienone is 1. The number of fused-ring (bicyclic) bond motifs is 3. The SMILES string of the molecule is C[C@H]1NC(=O)CC/C=C\CN(c2ccc3ccccc3c2)C(=O)[C@@H]2N([C@H](CO)c3ccccc3)C(=O)[C@H]3[C@H](C(=O)O[C@@H]1c1ccccc1)[C@@H]1C=C[C@]23O1. The molecule has 4 aromatic carbocycles. The molecule has 270 valence electrons. The van der Waals surface area contributed by atoms with E-state index in [0.29, 0.717) is 23.2 Å². The Morgan fingerprint density at radius 1 is 0.868 bits per heavy atom.